The Bertz CT molecular complexity index is 440. The summed E-state index contributed by atoms with van der Waals surface area (Å²) in [4.78, 5) is 23.1. The molecule has 4 nitrogen and oxygen atoms in total. The van der Waals surface area contributed by atoms with Crippen molar-refractivity contribution in [2.75, 3.05) is 7.11 Å². The first-order valence-corrected chi connectivity index (χ1v) is 5.43. The fraction of sp³-hybridized carbons (Fsp3) is 0.385. The van der Waals surface area contributed by atoms with Crippen molar-refractivity contribution in [2.24, 2.45) is 5.92 Å². The van der Waals surface area contributed by atoms with Crippen LogP contribution in [0.5, 0.6) is 0 Å². The molecule has 1 aromatic rings. The Kier molecular flexibility index (Phi) is 2.88. The summed E-state index contributed by atoms with van der Waals surface area (Å²) in [6, 6.07) is 9.40. The Morgan fingerprint density at radius 3 is 2.65 bits per heavy atom. The molecule has 1 aliphatic heterocycles. The van der Waals surface area contributed by atoms with Crippen molar-refractivity contribution >= 4 is 11.9 Å². The lowest BCUT2D eigenvalue weighted by Crippen LogP contribution is -2.21. The van der Waals surface area contributed by atoms with Crippen LogP contribution in [0, 0.1) is 5.92 Å². The van der Waals surface area contributed by atoms with Gasteiger partial charge in [-0.25, -0.2) is 0 Å². The van der Waals surface area contributed by atoms with Gasteiger partial charge in [0.15, 0.2) is 5.92 Å². The van der Waals surface area contributed by atoms with E-state index in [4.69, 9.17) is 4.74 Å². The van der Waals surface area contributed by atoms with Crippen LogP contribution in [0.3, 0.4) is 0 Å². The van der Waals surface area contributed by atoms with Crippen molar-refractivity contribution in [1.29, 1.82) is 0 Å². The number of carbonyl (C=O) groups excluding carboxylic acids is 2. The van der Waals surface area contributed by atoms with Gasteiger partial charge in [0.1, 0.15) is 5.60 Å². The molecule has 0 amide bonds. The third kappa shape index (κ3) is 2.02. The van der Waals surface area contributed by atoms with E-state index in [2.05, 4.69) is 4.74 Å². The van der Waals surface area contributed by atoms with Gasteiger partial charge in [0.2, 0.25) is 0 Å². The molecule has 2 rings (SSSR count). The van der Waals surface area contributed by atoms with Crippen LogP contribution >= 0.6 is 0 Å². The van der Waals surface area contributed by atoms with E-state index in [1.54, 1.807) is 0 Å². The lowest BCUT2D eigenvalue weighted by Gasteiger charge is -2.22. The monoisotopic (exact) mass is 234 g/mol. The zero-order chi connectivity index (χ0) is 12.5. The van der Waals surface area contributed by atoms with E-state index in [1.807, 2.05) is 37.3 Å². The first kappa shape index (κ1) is 11.6. The van der Waals surface area contributed by atoms with E-state index in [9.17, 15) is 9.59 Å². The molecular weight excluding hydrogens is 220 g/mol. The average molecular weight is 234 g/mol. The molecule has 1 aromatic carbocycles. The minimum atomic E-state index is -0.815. The maximum Gasteiger partial charge on any atom is 0.321 e. The third-order valence-corrected chi connectivity index (χ3v) is 3.07. The lowest BCUT2D eigenvalue weighted by atomic mass is 9.89. The Labute approximate surface area is 99.5 Å². The number of ether oxygens (including phenoxy) is 2. The number of carbonyl (C=O) groups is 2. The maximum atomic E-state index is 11.6. The lowest BCUT2D eigenvalue weighted by molar-refractivity contribution is -0.157. The molecule has 0 radical (unpaired) electrons. The van der Waals surface area contributed by atoms with E-state index in [1.165, 1.54) is 7.11 Å². The molecule has 2 unspecified atom stereocenters. The van der Waals surface area contributed by atoms with Gasteiger partial charge in [0.25, 0.3) is 0 Å². The van der Waals surface area contributed by atoms with E-state index in [0.29, 0.717) is 6.42 Å². The molecule has 90 valence electrons. The first-order chi connectivity index (χ1) is 8.07. The standard InChI is InChI=1S/C13H14O4/c1-13(9-6-4-3-5-7-9)8-10(11(14)16-2)12(15)17-13/h3-7,10H,8H2,1-2H3. The summed E-state index contributed by atoms with van der Waals surface area (Å²) in [6.45, 7) is 1.81. The van der Waals surface area contributed by atoms with E-state index in [0.717, 1.165) is 5.56 Å². The highest BCUT2D eigenvalue weighted by Gasteiger charge is 2.48. The summed E-state index contributed by atoms with van der Waals surface area (Å²) < 4.78 is 9.92. The van der Waals surface area contributed by atoms with Gasteiger partial charge in [-0.05, 0) is 12.5 Å². The second-order valence-corrected chi connectivity index (χ2v) is 4.30. The van der Waals surface area contributed by atoms with Crippen LogP contribution in [-0.2, 0) is 24.7 Å². The molecule has 1 heterocycles. The number of hydrogen-bond acceptors (Lipinski definition) is 4. The predicted molar refractivity (Wildman–Crippen MR) is 60.0 cm³/mol. The summed E-state index contributed by atoms with van der Waals surface area (Å²) in [6.07, 6.45) is 0.322. The molecule has 1 aliphatic rings. The summed E-state index contributed by atoms with van der Waals surface area (Å²) >= 11 is 0. The second kappa shape index (κ2) is 4.20. The molecule has 0 saturated carbocycles. The van der Waals surface area contributed by atoms with Gasteiger partial charge in [0.05, 0.1) is 7.11 Å². The number of esters is 2. The third-order valence-electron chi connectivity index (χ3n) is 3.07. The first-order valence-electron chi connectivity index (χ1n) is 5.43. The second-order valence-electron chi connectivity index (χ2n) is 4.30. The van der Waals surface area contributed by atoms with Crippen LogP contribution < -0.4 is 0 Å². The van der Waals surface area contributed by atoms with Crippen LogP contribution in [0.4, 0.5) is 0 Å². The van der Waals surface area contributed by atoms with Crippen LogP contribution in [0.2, 0.25) is 0 Å². The molecule has 1 saturated heterocycles. The van der Waals surface area contributed by atoms with Gasteiger partial charge < -0.3 is 9.47 Å². The fourth-order valence-corrected chi connectivity index (χ4v) is 2.10. The minimum Gasteiger partial charge on any atom is -0.468 e. The Morgan fingerprint density at radius 2 is 2.06 bits per heavy atom. The summed E-state index contributed by atoms with van der Waals surface area (Å²) in [5, 5.41) is 0. The maximum absolute atomic E-state index is 11.6. The van der Waals surface area contributed by atoms with Gasteiger partial charge in [-0.1, -0.05) is 30.3 Å². The van der Waals surface area contributed by atoms with E-state index < -0.39 is 23.5 Å². The van der Waals surface area contributed by atoms with Gasteiger partial charge in [-0.3, -0.25) is 9.59 Å². The zero-order valence-corrected chi connectivity index (χ0v) is 9.80. The molecular formula is C13H14O4. The quantitative estimate of drug-likeness (QED) is 0.576. The molecule has 4 heteroatoms. The van der Waals surface area contributed by atoms with E-state index >= 15 is 0 Å². The van der Waals surface area contributed by atoms with Gasteiger partial charge in [-0.2, -0.15) is 0 Å². The molecule has 0 aromatic heterocycles. The topological polar surface area (TPSA) is 52.6 Å². The number of methoxy groups -OCH3 is 1. The molecule has 1 fully saturated rings. The minimum absolute atomic E-state index is 0.322. The SMILES string of the molecule is COC(=O)C1CC(C)(c2ccccc2)OC1=O. The van der Waals surface area contributed by atoms with Gasteiger partial charge in [-0.15, -0.1) is 0 Å². The number of hydrogen-bond donors (Lipinski definition) is 0. The van der Waals surface area contributed by atoms with Crippen LogP contribution in [0.25, 0.3) is 0 Å². The van der Waals surface area contributed by atoms with Crippen molar-refractivity contribution in [3.05, 3.63) is 35.9 Å². The number of cyclic esters (lactones) is 1. The summed E-state index contributed by atoms with van der Waals surface area (Å²) in [5.74, 6) is -1.86. The smallest absolute Gasteiger partial charge is 0.321 e. The van der Waals surface area contributed by atoms with E-state index in [-0.39, 0.29) is 0 Å². The van der Waals surface area contributed by atoms with Crippen LogP contribution in [0.15, 0.2) is 30.3 Å². The highest BCUT2D eigenvalue weighted by molar-refractivity contribution is 5.96. The summed E-state index contributed by atoms with van der Waals surface area (Å²) in [5.41, 5.74) is 0.150. The van der Waals surface area contributed by atoms with Crippen molar-refractivity contribution in [1.82, 2.24) is 0 Å². The average Bonchev–Trinajstić information content (AvgIpc) is 2.66. The van der Waals surface area contributed by atoms with Crippen molar-refractivity contribution in [2.45, 2.75) is 18.9 Å². The van der Waals surface area contributed by atoms with Crippen molar-refractivity contribution in [3.8, 4) is 0 Å². The predicted octanol–water partition coefficient (Wildman–Crippen LogP) is 1.64. The largest absolute Gasteiger partial charge is 0.468 e. The van der Waals surface area contributed by atoms with Crippen molar-refractivity contribution in [3.63, 3.8) is 0 Å². The van der Waals surface area contributed by atoms with Crippen molar-refractivity contribution < 1.29 is 19.1 Å². The molecule has 0 N–H and O–H groups in total. The summed E-state index contributed by atoms with van der Waals surface area (Å²) in [7, 11) is 1.27. The van der Waals surface area contributed by atoms with Gasteiger partial charge in [0, 0.05) is 6.42 Å². The molecule has 17 heavy (non-hydrogen) atoms. The number of rotatable bonds is 2. The highest BCUT2D eigenvalue weighted by atomic mass is 16.6. The van der Waals surface area contributed by atoms with Crippen LogP contribution in [-0.4, -0.2) is 19.0 Å². The van der Waals surface area contributed by atoms with Crippen LogP contribution in [0.1, 0.15) is 18.9 Å². The fourth-order valence-electron chi connectivity index (χ4n) is 2.10. The Balaban J connectivity index is 2.26. The zero-order valence-electron chi connectivity index (χ0n) is 9.80. The molecule has 0 bridgehead atoms. The molecule has 0 spiro atoms. The molecule has 0 aliphatic carbocycles. The highest BCUT2D eigenvalue weighted by Crippen LogP contribution is 2.39. The normalized spacial score (nSPS) is 27.6. The Hall–Kier alpha value is -1.84. The molecule has 2 atom stereocenters. The van der Waals surface area contributed by atoms with Gasteiger partial charge >= 0.3 is 11.9 Å². The Morgan fingerprint density at radius 1 is 1.41 bits per heavy atom. The number of benzene rings is 1.